The zero-order valence-electron chi connectivity index (χ0n) is 42.4. The smallest absolute Gasteiger partial charge is 0.387 e. The molecule has 1 amide bonds. The summed E-state index contributed by atoms with van der Waals surface area (Å²) in [6.07, 6.45) is 66.9. The Morgan fingerprint density at radius 1 is 0.538 bits per heavy atom. The van der Waals surface area contributed by atoms with Crippen LogP contribution in [0.5, 0.6) is 0 Å². The summed E-state index contributed by atoms with van der Waals surface area (Å²) in [7, 11) is 1.56. The molecule has 374 valence electrons. The summed E-state index contributed by atoms with van der Waals surface area (Å²) in [4.78, 5) is 23.0. The number of likely N-dealkylation sites (N-methyl/N-ethyl adjacent to an activating group) is 1. The van der Waals surface area contributed by atoms with Gasteiger partial charge in [-0.05, 0) is 77.0 Å². The number of quaternary nitrogens is 1. The highest BCUT2D eigenvalue weighted by atomic mass is 31.2. The molecule has 0 rings (SSSR count). The lowest BCUT2D eigenvalue weighted by molar-refractivity contribution is -0.870. The van der Waals surface area contributed by atoms with Gasteiger partial charge in [0.15, 0.2) is 0 Å². The van der Waals surface area contributed by atoms with Gasteiger partial charge in [-0.1, -0.05) is 214 Å². The van der Waals surface area contributed by atoms with Crippen LogP contribution in [0.3, 0.4) is 0 Å². The van der Waals surface area contributed by atoms with Gasteiger partial charge in [0.1, 0.15) is 13.2 Å². The summed E-state index contributed by atoms with van der Waals surface area (Å²) < 4.78 is 23.4. The molecular weight excluding hydrogens is 828 g/mol. The van der Waals surface area contributed by atoms with Crippen molar-refractivity contribution in [1.29, 1.82) is 0 Å². The third kappa shape index (κ3) is 49.2. The van der Waals surface area contributed by atoms with Crippen molar-refractivity contribution >= 4 is 13.7 Å². The van der Waals surface area contributed by atoms with Crippen LogP contribution in [-0.2, 0) is 18.4 Å². The Hall–Kier alpha value is -2.58. The average Bonchev–Trinajstić information content (AvgIpc) is 3.26. The Labute approximate surface area is 400 Å². The first-order chi connectivity index (χ1) is 31.5. The third-order valence-electron chi connectivity index (χ3n) is 11.1. The molecular formula is C56H100N2O6P+. The SMILES string of the molecule is CC/C=C\C/C=C\C/C=C\C/C=C\C/C=C\C/C=C\C/C=C\CCCCCCCCCCCCCCCCCC(=O)NC(COP(=O)(O)OCC[N+](C)(C)C)C(O)/C=C/CCCCCC. The van der Waals surface area contributed by atoms with Gasteiger partial charge in [0.25, 0.3) is 0 Å². The Kier molecular flexibility index (Phi) is 44.7. The average molecular weight is 928 g/mol. The van der Waals surface area contributed by atoms with E-state index in [2.05, 4.69) is 104 Å². The van der Waals surface area contributed by atoms with Gasteiger partial charge < -0.3 is 19.8 Å². The molecule has 0 aliphatic carbocycles. The predicted octanol–water partition coefficient (Wildman–Crippen LogP) is 15.5. The van der Waals surface area contributed by atoms with E-state index in [4.69, 9.17) is 9.05 Å². The second-order valence-corrected chi connectivity index (χ2v) is 20.0. The molecule has 0 aliphatic rings. The first kappa shape index (κ1) is 62.4. The maximum absolute atomic E-state index is 12.8. The highest BCUT2D eigenvalue weighted by Crippen LogP contribution is 2.43. The van der Waals surface area contributed by atoms with Crippen LogP contribution in [0, 0.1) is 0 Å². The second kappa shape index (κ2) is 46.5. The summed E-state index contributed by atoms with van der Waals surface area (Å²) in [5, 5.41) is 13.7. The van der Waals surface area contributed by atoms with Crippen molar-refractivity contribution in [2.24, 2.45) is 0 Å². The van der Waals surface area contributed by atoms with E-state index in [1.54, 1.807) is 6.08 Å². The topological polar surface area (TPSA) is 105 Å². The number of amides is 1. The fraction of sp³-hybridized carbons (Fsp3) is 0.696. The monoisotopic (exact) mass is 928 g/mol. The molecule has 0 aromatic carbocycles. The molecule has 0 aromatic heterocycles. The lowest BCUT2D eigenvalue weighted by atomic mass is 10.0. The van der Waals surface area contributed by atoms with Crippen LogP contribution in [0.4, 0.5) is 0 Å². The van der Waals surface area contributed by atoms with E-state index < -0.39 is 20.0 Å². The first-order valence-corrected chi connectivity index (χ1v) is 27.6. The van der Waals surface area contributed by atoms with Gasteiger partial charge in [-0.2, -0.15) is 0 Å². The third-order valence-corrected chi connectivity index (χ3v) is 12.0. The lowest BCUT2D eigenvalue weighted by Gasteiger charge is -2.25. The second-order valence-electron chi connectivity index (χ2n) is 18.5. The van der Waals surface area contributed by atoms with E-state index in [1.165, 1.54) is 89.9 Å². The molecule has 0 bridgehead atoms. The maximum Gasteiger partial charge on any atom is 0.472 e. The van der Waals surface area contributed by atoms with Crippen LogP contribution in [0.1, 0.15) is 200 Å². The minimum absolute atomic E-state index is 0.0577. The number of nitrogens with one attached hydrogen (secondary N) is 1. The Bertz CT molecular complexity index is 1370. The van der Waals surface area contributed by atoms with Crippen molar-refractivity contribution in [3.8, 4) is 0 Å². The van der Waals surface area contributed by atoms with Gasteiger partial charge >= 0.3 is 7.82 Å². The largest absolute Gasteiger partial charge is 0.472 e. The summed E-state index contributed by atoms with van der Waals surface area (Å²) in [5.74, 6) is -0.187. The van der Waals surface area contributed by atoms with Crippen LogP contribution < -0.4 is 5.32 Å². The van der Waals surface area contributed by atoms with Crippen molar-refractivity contribution in [3.63, 3.8) is 0 Å². The number of carbonyl (C=O) groups is 1. The number of phosphoric ester groups is 1. The number of unbranched alkanes of at least 4 members (excludes halogenated alkanes) is 19. The van der Waals surface area contributed by atoms with Crippen LogP contribution in [0.15, 0.2) is 97.2 Å². The molecule has 3 atom stereocenters. The zero-order valence-corrected chi connectivity index (χ0v) is 43.3. The van der Waals surface area contributed by atoms with Crippen molar-refractivity contribution in [1.82, 2.24) is 5.32 Å². The molecule has 9 heteroatoms. The summed E-state index contributed by atoms with van der Waals surface area (Å²) in [6, 6.07) is -0.847. The van der Waals surface area contributed by atoms with Crippen molar-refractivity contribution in [3.05, 3.63) is 97.2 Å². The highest BCUT2D eigenvalue weighted by molar-refractivity contribution is 7.47. The summed E-state index contributed by atoms with van der Waals surface area (Å²) in [6.45, 7) is 4.60. The van der Waals surface area contributed by atoms with E-state index in [1.807, 2.05) is 27.2 Å². The maximum atomic E-state index is 12.8. The van der Waals surface area contributed by atoms with Crippen LogP contribution in [0.2, 0.25) is 0 Å². The molecule has 3 unspecified atom stereocenters. The van der Waals surface area contributed by atoms with Crippen LogP contribution >= 0.6 is 7.82 Å². The fourth-order valence-corrected chi connectivity index (χ4v) is 7.70. The molecule has 8 nitrogen and oxygen atoms in total. The number of aliphatic hydroxyl groups is 1. The number of nitrogens with zero attached hydrogens (tertiary/aromatic N) is 1. The lowest BCUT2D eigenvalue weighted by Crippen LogP contribution is -2.45. The minimum atomic E-state index is -4.33. The molecule has 0 aromatic rings. The molecule has 0 saturated heterocycles. The van der Waals surface area contributed by atoms with Gasteiger partial charge in [0.2, 0.25) is 5.91 Å². The van der Waals surface area contributed by atoms with E-state index in [0.29, 0.717) is 17.4 Å². The number of allylic oxidation sites excluding steroid dienone is 15. The number of phosphoric acid groups is 1. The van der Waals surface area contributed by atoms with Gasteiger partial charge in [-0.15, -0.1) is 0 Å². The van der Waals surface area contributed by atoms with Crippen LogP contribution in [0.25, 0.3) is 0 Å². The van der Waals surface area contributed by atoms with E-state index in [9.17, 15) is 19.4 Å². The van der Waals surface area contributed by atoms with Gasteiger partial charge in [-0.3, -0.25) is 13.8 Å². The quantitative estimate of drug-likeness (QED) is 0.0243. The molecule has 65 heavy (non-hydrogen) atoms. The van der Waals surface area contributed by atoms with Gasteiger partial charge in [-0.25, -0.2) is 4.57 Å². The van der Waals surface area contributed by atoms with Crippen molar-refractivity contribution in [2.75, 3.05) is 40.9 Å². The minimum Gasteiger partial charge on any atom is -0.387 e. The molecule has 0 fully saturated rings. The number of hydrogen-bond acceptors (Lipinski definition) is 5. The highest BCUT2D eigenvalue weighted by Gasteiger charge is 2.27. The Morgan fingerprint density at radius 2 is 0.923 bits per heavy atom. The Balaban J connectivity index is 3.88. The molecule has 0 saturated carbocycles. The molecule has 0 aliphatic heterocycles. The summed E-state index contributed by atoms with van der Waals surface area (Å²) >= 11 is 0. The number of carbonyl (C=O) groups excluding carboxylic acids is 1. The normalized spacial score (nSPS) is 14.9. The zero-order chi connectivity index (χ0) is 47.8. The van der Waals surface area contributed by atoms with E-state index in [-0.39, 0.29) is 19.1 Å². The van der Waals surface area contributed by atoms with E-state index in [0.717, 1.165) is 89.9 Å². The molecule has 0 heterocycles. The fourth-order valence-electron chi connectivity index (χ4n) is 6.96. The van der Waals surface area contributed by atoms with Crippen LogP contribution in [-0.4, -0.2) is 73.4 Å². The number of aliphatic hydroxyl groups excluding tert-OH is 1. The van der Waals surface area contributed by atoms with Crippen molar-refractivity contribution < 1.29 is 32.9 Å². The number of rotatable bonds is 46. The molecule has 0 radical (unpaired) electrons. The number of hydrogen-bond donors (Lipinski definition) is 3. The first-order valence-electron chi connectivity index (χ1n) is 26.1. The van der Waals surface area contributed by atoms with Gasteiger partial charge in [0, 0.05) is 6.42 Å². The molecule has 3 N–H and O–H groups in total. The summed E-state index contributed by atoms with van der Waals surface area (Å²) in [5.41, 5.74) is 0. The van der Waals surface area contributed by atoms with E-state index >= 15 is 0 Å². The Morgan fingerprint density at radius 3 is 1.35 bits per heavy atom. The predicted molar refractivity (Wildman–Crippen MR) is 281 cm³/mol. The standard InChI is InChI=1S/C56H99N2O6P/c1-6-8-10-12-14-15-16-17-18-19-20-21-22-23-24-25-26-27-28-29-30-31-32-33-34-35-36-37-38-39-40-41-42-43-44-46-48-50-56(60)57-54(55(59)49-47-45-13-11-9-7-2)53-64-65(61,62)63-52-51-58(3,4)5/h8,10,14-15,17-18,20-21,23-24,26-27,29-30,47,49,54-55,59H,6-7,9,11-13,16,19,22,25,28,31-46,48,50-53H2,1-5H3,(H-,57,60,61,62)/p+1/b10-8-,15-14-,18-17-,21-20-,24-23-,27-26-,30-29-,49-47+. The van der Waals surface area contributed by atoms with Crippen molar-refractivity contribution in [2.45, 2.75) is 212 Å². The molecule has 0 spiro atoms. The van der Waals surface area contributed by atoms with Gasteiger partial charge in [0.05, 0.1) is 39.9 Å².